The van der Waals surface area contributed by atoms with Gasteiger partial charge in [0.15, 0.2) is 0 Å². The smallest absolute Gasteiger partial charge is 0.251 e. The molecular weight excluding hydrogens is 374 g/mol. The first-order chi connectivity index (χ1) is 13.7. The molecular formula is C21H25N3O3S. The fourth-order valence-electron chi connectivity index (χ4n) is 3.81. The number of nitrogens with one attached hydrogen (secondary N) is 1. The Labute approximate surface area is 169 Å². The number of hydrogen-bond donors (Lipinski definition) is 1. The van der Waals surface area contributed by atoms with E-state index >= 15 is 0 Å². The fraction of sp³-hybridized carbons (Fsp3) is 0.429. The molecule has 7 heteroatoms. The highest BCUT2D eigenvalue weighted by Crippen LogP contribution is 2.26. The Hall–Kier alpha value is -2.22. The monoisotopic (exact) mass is 399 g/mol. The lowest BCUT2D eigenvalue weighted by Crippen LogP contribution is -2.43. The van der Waals surface area contributed by atoms with Gasteiger partial charge in [-0.1, -0.05) is 12.1 Å². The number of amides is 2. The van der Waals surface area contributed by atoms with Gasteiger partial charge < -0.3 is 15.0 Å². The van der Waals surface area contributed by atoms with Gasteiger partial charge in [0, 0.05) is 48.7 Å². The van der Waals surface area contributed by atoms with Crippen molar-refractivity contribution in [2.45, 2.75) is 18.9 Å². The van der Waals surface area contributed by atoms with E-state index in [1.807, 2.05) is 24.3 Å². The maximum atomic E-state index is 12.8. The molecule has 1 N–H and O–H groups in total. The summed E-state index contributed by atoms with van der Waals surface area (Å²) in [5, 5.41) is 5.17. The minimum atomic E-state index is -0.108. The third-order valence-electron chi connectivity index (χ3n) is 5.31. The van der Waals surface area contributed by atoms with E-state index in [-0.39, 0.29) is 17.9 Å². The molecule has 1 atom stereocenters. The summed E-state index contributed by atoms with van der Waals surface area (Å²) in [6.45, 7) is 4.45. The first-order valence-corrected chi connectivity index (χ1v) is 10.6. The summed E-state index contributed by atoms with van der Waals surface area (Å²) >= 11 is 1.71. The molecule has 2 fully saturated rings. The van der Waals surface area contributed by atoms with Gasteiger partial charge in [0.05, 0.1) is 19.3 Å². The van der Waals surface area contributed by atoms with Crippen LogP contribution in [0.3, 0.4) is 0 Å². The number of rotatable bonds is 6. The number of benzene rings is 1. The summed E-state index contributed by atoms with van der Waals surface area (Å²) in [5.41, 5.74) is 1.39. The molecule has 2 saturated heterocycles. The molecule has 0 bridgehead atoms. The molecule has 28 heavy (non-hydrogen) atoms. The van der Waals surface area contributed by atoms with E-state index in [1.54, 1.807) is 22.3 Å². The minimum absolute atomic E-state index is 0.108. The predicted octanol–water partition coefficient (Wildman–Crippen LogP) is 2.68. The molecule has 0 saturated carbocycles. The van der Waals surface area contributed by atoms with Crippen LogP contribution in [0.15, 0.2) is 41.8 Å². The predicted molar refractivity (Wildman–Crippen MR) is 110 cm³/mol. The highest BCUT2D eigenvalue weighted by atomic mass is 32.1. The van der Waals surface area contributed by atoms with Gasteiger partial charge in [-0.25, -0.2) is 0 Å². The summed E-state index contributed by atoms with van der Waals surface area (Å²) in [6, 6.07) is 11.7. The van der Waals surface area contributed by atoms with Crippen LogP contribution < -0.4 is 10.2 Å². The second-order valence-corrected chi connectivity index (χ2v) is 8.07. The zero-order chi connectivity index (χ0) is 19.3. The summed E-state index contributed by atoms with van der Waals surface area (Å²) in [4.78, 5) is 30.2. The highest BCUT2D eigenvalue weighted by Gasteiger charge is 2.25. The van der Waals surface area contributed by atoms with Crippen LogP contribution in [0.25, 0.3) is 0 Å². The standard InChI is InChI=1S/C21H25N3O3S/c25-20-7-2-8-24(20)17-5-1-4-16(14-17)21(26)22-15-18(19-6-3-13-28-19)23-9-11-27-12-10-23/h1,3-6,13-14,18H,2,7-12,15H2,(H,22,26). The van der Waals surface area contributed by atoms with E-state index in [0.717, 1.165) is 45.0 Å². The van der Waals surface area contributed by atoms with Crippen molar-refractivity contribution in [3.63, 3.8) is 0 Å². The molecule has 148 valence electrons. The Bertz CT molecular complexity index is 818. The molecule has 0 aliphatic carbocycles. The van der Waals surface area contributed by atoms with Gasteiger partial charge in [0.25, 0.3) is 5.91 Å². The molecule has 2 aromatic rings. The summed E-state index contributed by atoms with van der Waals surface area (Å²) in [6.07, 6.45) is 1.45. The van der Waals surface area contributed by atoms with E-state index < -0.39 is 0 Å². The largest absolute Gasteiger partial charge is 0.379 e. The third kappa shape index (κ3) is 4.27. The number of carbonyl (C=O) groups excluding carboxylic acids is 2. The van der Waals surface area contributed by atoms with Crippen LogP contribution in [0.4, 0.5) is 5.69 Å². The molecule has 6 nitrogen and oxygen atoms in total. The first-order valence-electron chi connectivity index (χ1n) is 9.76. The number of nitrogens with zero attached hydrogens (tertiary/aromatic N) is 2. The number of morpholine rings is 1. The van der Waals surface area contributed by atoms with Crippen molar-refractivity contribution < 1.29 is 14.3 Å². The second-order valence-electron chi connectivity index (χ2n) is 7.09. The Morgan fingerprint density at radius 1 is 1.18 bits per heavy atom. The normalized spacial score (nSPS) is 19.0. The minimum Gasteiger partial charge on any atom is -0.379 e. The van der Waals surface area contributed by atoms with Gasteiger partial charge in [-0.2, -0.15) is 0 Å². The van der Waals surface area contributed by atoms with E-state index in [9.17, 15) is 9.59 Å². The molecule has 2 aliphatic rings. The Balaban J connectivity index is 1.44. The molecule has 4 rings (SSSR count). The lowest BCUT2D eigenvalue weighted by Gasteiger charge is -2.34. The molecule has 3 heterocycles. The average Bonchev–Trinajstić information content (AvgIpc) is 3.41. The topological polar surface area (TPSA) is 61.9 Å². The van der Waals surface area contributed by atoms with E-state index in [1.165, 1.54) is 4.88 Å². The van der Waals surface area contributed by atoms with Crippen molar-refractivity contribution in [1.82, 2.24) is 10.2 Å². The summed E-state index contributed by atoms with van der Waals surface area (Å²) in [5.74, 6) is 0.0194. The lowest BCUT2D eigenvalue weighted by molar-refractivity contribution is -0.117. The molecule has 2 aliphatic heterocycles. The van der Waals surface area contributed by atoms with Gasteiger partial charge >= 0.3 is 0 Å². The van der Waals surface area contributed by atoms with Gasteiger partial charge in [-0.15, -0.1) is 11.3 Å². The van der Waals surface area contributed by atoms with Crippen molar-refractivity contribution in [1.29, 1.82) is 0 Å². The Morgan fingerprint density at radius 2 is 2.04 bits per heavy atom. The number of carbonyl (C=O) groups is 2. The van der Waals surface area contributed by atoms with Crippen molar-refractivity contribution in [2.75, 3.05) is 44.3 Å². The van der Waals surface area contributed by atoms with Gasteiger partial charge in [-0.3, -0.25) is 14.5 Å². The van der Waals surface area contributed by atoms with E-state index in [2.05, 4.69) is 21.7 Å². The highest BCUT2D eigenvalue weighted by molar-refractivity contribution is 7.10. The van der Waals surface area contributed by atoms with Gasteiger partial charge in [0.1, 0.15) is 0 Å². The summed E-state index contributed by atoms with van der Waals surface area (Å²) < 4.78 is 5.47. The molecule has 1 unspecified atom stereocenters. The van der Waals surface area contributed by atoms with Crippen LogP contribution in [-0.4, -0.2) is 56.1 Å². The van der Waals surface area contributed by atoms with Crippen LogP contribution >= 0.6 is 11.3 Å². The average molecular weight is 400 g/mol. The van der Waals surface area contributed by atoms with Crippen molar-refractivity contribution in [3.8, 4) is 0 Å². The maximum absolute atomic E-state index is 12.8. The maximum Gasteiger partial charge on any atom is 0.251 e. The first kappa shape index (κ1) is 19.1. The van der Waals surface area contributed by atoms with Crippen LogP contribution in [0.1, 0.15) is 34.1 Å². The van der Waals surface area contributed by atoms with Crippen LogP contribution in [0.2, 0.25) is 0 Å². The lowest BCUT2D eigenvalue weighted by atomic mass is 10.1. The van der Waals surface area contributed by atoms with E-state index in [4.69, 9.17) is 4.74 Å². The SMILES string of the molecule is O=C(NCC(c1cccs1)N1CCOCC1)c1cccc(N2CCCC2=O)c1. The summed E-state index contributed by atoms with van der Waals surface area (Å²) in [7, 11) is 0. The van der Waals surface area contributed by atoms with Crippen molar-refractivity contribution in [3.05, 3.63) is 52.2 Å². The molecule has 0 radical (unpaired) electrons. The van der Waals surface area contributed by atoms with Gasteiger partial charge in [-0.05, 0) is 36.1 Å². The number of hydrogen-bond acceptors (Lipinski definition) is 5. The number of anilines is 1. The number of ether oxygens (including phenoxy) is 1. The molecule has 1 aromatic carbocycles. The van der Waals surface area contributed by atoms with Crippen LogP contribution in [-0.2, 0) is 9.53 Å². The fourth-order valence-corrected chi connectivity index (χ4v) is 4.67. The Morgan fingerprint density at radius 3 is 2.75 bits per heavy atom. The van der Waals surface area contributed by atoms with Crippen LogP contribution in [0.5, 0.6) is 0 Å². The number of thiophene rings is 1. The molecule has 0 spiro atoms. The van der Waals surface area contributed by atoms with E-state index in [0.29, 0.717) is 18.5 Å². The quantitative estimate of drug-likeness (QED) is 0.811. The zero-order valence-electron chi connectivity index (χ0n) is 15.8. The zero-order valence-corrected chi connectivity index (χ0v) is 16.6. The second kappa shape index (κ2) is 8.86. The van der Waals surface area contributed by atoms with Crippen molar-refractivity contribution >= 4 is 28.8 Å². The molecule has 2 amide bonds. The van der Waals surface area contributed by atoms with Crippen LogP contribution in [0, 0.1) is 0 Å². The van der Waals surface area contributed by atoms with Gasteiger partial charge in [0.2, 0.25) is 5.91 Å². The Kier molecular flexibility index (Phi) is 6.04. The van der Waals surface area contributed by atoms with Crippen molar-refractivity contribution in [2.24, 2.45) is 0 Å². The molecule has 1 aromatic heterocycles. The third-order valence-corrected chi connectivity index (χ3v) is 6.28.